The summed E-state index contributed by atoms with van der Waals surface area (Å²) in [7, 11) is 1.80. The van der Waals surface area contributed by atoms with Gasteiger partial charge in [-0.3, -0.25) is 78.6 Å². The number of rotatable bonds is 45. The number of likely N-dealkylation sites (N-methyl/N-ethyl adjacent to an activating group) is 1. The molecule has 25 N–H and O–H groups in total. The maximum absolute atomic E-state index is 14.3. The van der Waals surface area contributed by atoms with Crippen LogP contribution in [0.25, 0.3) is 0 Å². The Balaban J connectivity index is 1.31. The molecule has 0 aromatic heterocycles. The van der Waals surface area contributed by atoms with Crippen LogP contribution in [0.15, 0.2) is 52.3 Å². The van der Waals surface area contributed by atoms with Crippen LogP contribution in [0, 0.1) is 5.92 Å². The first-order valence-corrected chi connectivity index (χ1v) is 35.2. The van der Waals surface area contributed by atoms with Gasteiger partial charge >= 0.3 is 23.9 Å². The molecule has 39 heteroatoms. The highest BCUT2D eigenvalue weighted by atomic mass is 16.4. The van der Waals surface area contributed by atoms with Gasteiger partial charge in [-0.1, -0.05) is 37.1 Å². The Morgan fingerprint density at radius 2 is 1.19 bits per heavy atom. The molecule has 0 radical (unpaired) electrons. The van der Waals surface area contributed by atoms with Gasteiger partial charge in [0.05, 0.1) is 88.7 Å². The maximum Gasteiger partial charge on any atom is 0.317 e. The third-order valence-electron chi connectivity index (χ3n) is 18.8. The van der Waals surface area contributed by atoms with Crippen molar-refractivity contribution in [2.45, 2.75) is 169 Å². The summed E-state index contributed by atoms with van der Waals surface area (Å²) < 4.78 is 0. The number of carbonyl (C=O) groups excluding carboxylic acids is 3. The van der Waals surface area contributed by atoms with Crippen LogP contribution in [-0.2, 0) is 33.6 Å². The molecule has 0 bridgehead atoms. The van der Waals surface area contributed by atoms with Gasteiger partial charge in [-0.2, -0.15) is 0 Å². The minimum Gasteiger partial charge on any atom is -0.481 e. The standard InChI is InChI=1S/C65H112N14O25/c1-74(31-50-70-41-8-4-5-9-42(41)71-50)64(103)38-10-11-40-39(26-38)30-79(65(104)45(69-40)27-54(89)90)17-7-3-2-6-16-66-62(101)43(12-14-51(86)67-28-46(82)58(97)60(99)48(84)36-80)73-63(102)44(13-15-52(87)68-29-47(83)59(98)61(100)49(85)37-81)72-53(88)32-75-18-20-76(33-55(91)92)22-24-78(35-57(95)96)25-23-77(21-19-75)34-56(93)94/h4-5,8,11,26,38,42-49,51,58-61,63-65,67,69,73,80-86,97-100,102-104H,2-3,6-7,9-10,12-25,27-37H2,1H3,(H,66,101)(H,68,87)(H,70,71)(H,72,88)(H,89,90)(H,91,92)(H,93,94)(H,95,96)/t38?,42?,43-,44-,45?,46+,47+,48-,49+,51+,58-,59-,60-,61+,63+,64+,65+/m0/s1. The van der Waals surface area contributed by atoms with E-state index in [1.807, 2.05) is 30.4 Å². The molecule has 5 rings (SSSR count). The molecule has 3 unspecified atom stereocenters. The zero-order valence-corrected chi connectivity index (χ0v) is 58.7. The Kier molecular flexibility index (Phi) is 38.5. The van der Waals surface area contributed by atoms with E-state index in [2.05, 4.69) is 37.2 Å². The summed E-state index contributed by atoms with van der Waals surface area (Å²) in [5, 5.41) is 205. The molecule has 3 aliphatic heterocycles. The molecule has 0 aromatic rings. The summed E-state index contributed by atoms with van der Waals surface area (Å²) >= 11 is 0. The number of amides is 3. The Morgan fingerprint density at radius 3 is 1.74 bits per heavy atom. The number of aliphatic hydroxyl groups is 14. The second-order valence-corrected chi connectivity index (χ2v) is 27.0. The molecule has 0 aromatic carbocycles. The van der Waals surface area contributed by atoms with Crippen LogP contribution < -0.4 is 37.2 Å². The third-order valence-corrected chi connectivity index (χ3v) is 18.8. The number of nitrogens with one attached hydrogen (secondary N) is 7. The highest BCUT2D eigenvalue weighted by Gasteiger charge is 2.38. The van der Waals surface area contributed by atoms with Crippen LogP contribution in [0.4, 0.5) is 0 Å². The minimum atomic E-state index is -2.05. The lowest BCUT2D eigenvalue weighted by Crippen LogP contribution is -2.58. The number of carboxylic acids is 4. The average Bonchev–Trinajstić information content (AvgIpc) is 1.65. The quantitative estimate of drug-likeness (QED) is 0.0199. The van der Waals surface area contributed by atoms with E-state index >= 15 is 0 Å². The molecule has 2 aliphatic carbocycles. The van der Waals surface area contributed by atoms with Crippen molar-refractivity contribution < 1.29 is 125 Å². The van der Waals surface area contributed by atoms with Gasteiger partial charge in [0.2, 0.25) is 17.7 Å². The van der Waals surface area contributed by atoms with E-state index < -0.39 is 205 Å². The van der Waals surface area contributed by atoms with E-state index in [0.29, 0.717) is 50.9 Å². The molecule has 0 spiro atoms. The molecule has 0 saturated carbocycles. The topological polar surface area (TPSA) is 600 Å². The zero-order chi connectivity index (χ0) is 76.7. The summed E-state index contributed by atoms with van der Waals surface area (Å²) in [4.78, 5) is 104. The van der Waals surface area contributed by atoms with E-state index in [0.717, 1.165) is 23.5 Å². The van der Waals surface area contributed by atoms with Gasteiger partial charge in [0.15, 0.2) is 0 Å². The van der Waals surface area contributed by atoms with Crippen molar-refractivity contribution in [2.75, 3.05) is 138 Å². The summed E-state index contributed by atoms with van der Waals surface area (Å²) in [5.74, 6) is -6.71. The van der Waals surface area contributed by atoms with Crippen LogP contribution in [0.3, 0.4) is 0 Å². The van der Waals surface area contributed by atoms with Crippen LogP contribution in [-0.4, -0.2) is 405 Å². The summed E-state index contributed by atoms with van der Waals surface area (Å²) in [6.45, 7) is -3.79. The minimum absolute atomic E-state index is 0.00256. The molecule has 2 fully saturated rings. The first-order chi connectivity index (χ1) is 49.3. The number of aliphatic hydroxyl groups excluding tert-OH is 14. The van der Waals surface area contributed by atoms with Crippen molar-refractivity contribution in [3.63, 3.8) is 0 Å². The number of hydrogen-bond donors (Lipinski definition) is 25. The lowest BCUT2D eigenvalue weighted by molar-refractivity contribution is -0.140. The molecule has 2 saturated heterocycles. The highest BCUT2D eigenvalue weighted by molar-refractivity contribution is 5.88. The van der Waals surface area contributed by atoms with Gasteiger partial charge in [-0.15, -0.1) is 0 Å². The van der Waals surface area contributed by atoms with E-state index in [9.17, 15) is 125 Å². The van der Waals surface area contributed by atoms with E-state index in [1.54, 1.807) is 26.6 Å². The molecular formula is C65H112N14O25. The van der Waals surface area contributed by atoms with Crippen molar-refractivity contribution in [2.24, 2.45) is 10.9 Å². The van der Waals surface area contributed by atoms with Crippen molar-refractivity contribution in [1.82, 2.24) is 66.6 Å². The van der Waals surface area contributed by atoms with Crippen molar-refractivity contribution in [1.29, 1.82) is 0 Å². The second kappa shape index (κ2) is 45.3. The van der Waals surface area contributed by atoms with Gasteiger partial charge in [0.1, 0.15) is 67.4 Å². The van der Waals surface area contributed by atoms with Crippen molar-refractivity contribution in [3.05, 3.63) is 47.3 Å². The molecule has 17 atom stereocenters. The molecule has 104 heavy (non-hydrogen) atoms. The zero-order valence-electron chi connectivity index (χ0n) is 58.7. The van der Waals surface area contributed by atoms with Crippen molar-refractivity contribution in [3.8, 4) is 0 Å². The Hall–Kier alpha value is -6.36. The fourth-order valence-electron chi connectivity index (χ4n) is 12.6. The number of allylic oxidation sites excluding steroid dienone is 3. The summed E-state index contributed by atoms with van der Waals surface area (Å²) in [6, 6.07) is -3.82. The number of nitrogens with zero attached hydrogens (tertiary/aromatic N) is 7. The first kappa shape index (κ1) is 88.3. The highest BCUT2D eigenvalue weighted by Crippen LogP contribution is 2.30. The number of aliphatic carboxylic acids is 4. The molecule has 3 heterocycles. The fourth-order valence-corrected chi connectivity index (χ4v) is 12.6. The van der Waals surface area contributed by atoms with Gasteiger partial charge in [0, 0.05) is 109 Å². The average molecular weight is 1490 g/mol. The largest absolute Gasteiger partial charge is 0.481 e. The van der Waals surface area contributed by atoms with Gasteiger partial charge in [0.25, 0.3) is 0 Å². The second-order valence-electron chi connectivity index (χ2n) is 27.0. The summed E-state index contributed by atoms with van der Waals surface area (Å²) in [6.07, 6.45) is -10.2. The molecule has 39 nitrogen and oxygen atoms in total. The van der Waals surface area contributed by atoms with E-state index in [4.69, 9.17) is 4.99 Å². The monoisotopic (exact) mass is 1490 g/mol. The Labute approximate surface area is 602 Å². The SMILES string of the molecule is CN(CC1=NC2CC=CC=C2N1)[C@H](O)C1C=C2CN(CCCCCCNC(=O)[C@H](CC[C@@H](O)NC[C@@H](O)[C@H](O)[C@@H](O)[C@@H](O)CO)N[C@H](O)[C@H](CCC(=O)NC[C@@H](O)[C@H](O)[C@H](O)[C@H](O)CO)NC(=O)CN3CCN(CC(=O)O)CCN(CC(=O)O)CCN(CC(=O)O)CC3)[C@H](O)C(CC(=O)O)NC2=CC1. The molecule has 592 valence electrons. The Morgan fingerprint density at radius 1 is 0.644 bits per heavy atom. The van der Waals surface area contributed by atoms with Crippen LogP contribution in [0.5, 0.6) is 0 Å². The van der Waals surface area contributed by atoms with Gasteiger partial charge in [-0.05, 0) is 63.6 Å². The molecular weight excluding hydrogens is 1380 g/mol. The third kappa shape index (κ3) is 30.5. The number of carbonyl (C=O) groups is 7. The fraction of sp³-hybridized carbons (Fsp3) is 0.754. The normalized spacial score (nSPS) is 23.5. The van der Waals surface area contributed by atoms with Gasteiger partial charge in [-0.25, -0.2) is 0 Å². The lowest BCUT2D eigenvalue weighted by atomic mass is 9.91. The van der Waals surface area contributed by atoms with Crippen LogP contribution >= 0.6 is 0 Å². The predicted octanol–water partition coefficient (Wildman–Crippen LogP) is -10.3. The van der Waals surface area contributed by atoms with Gasteiger partial charge < -0.3 is 119 Å². The van der Waals surface area contributed by atoms with E-state index in [-0.39, 0.29) is 90.2 Å². The van der Waals surface area contributed by atoms with Crippen LogP contribution in [0.2, 0.25) is 0 Å². The molecule has 5 aliphatic rings. The van der Waals surface area contributed by atoms with Crippen LogP contribution in [0.1, 0.15) is 70.6 Å². The van der Waals surface area contributed by atoms with E-state index in [1.165, 1.54) is 9.80 Å². The summed E-state index contributed by atoms with van der Waals surface area (Å²) in [5.41, 5.74) is 2.42. The lowest BCUT2D eigenvalue weighted by Gasteiger charge is -2.33. The first-order valence-electron chi connectivity index (χ1n) is 35.2. The predicted molar refractivity (Wildman–Crippen MR) is 369 cm³/mol. The maximum atomic E-state index is 14.3. The number of amidine groups is 1. The number of hydrogen-bond acceptors (Lipinski definition) is 32. The molecule has 3 amide bonds. The number of unbranched alkanes of at least 4 members (excludes halogenated alkanes) is 3. The number of carboxylic acid groups (broad SMARTS) is 4. The number of aliphatic imine (C=N–C) groups is 1. The smallest absolute Gasteiger partial charge is 0.317 e. The van der Waals surface area contributed by atoms with Crippen molar-refractivity contribution >= 4 is 47.4 Å². The Bertz CT molecular complexity index is 2850. The number of fused-ring (bicyclic) bond motifs is 2.